The van der Waals surface area contributed by atoms with Crippen molar-refractivity contribution < 1.29 is 9.53 Å². The van der Waals surface area contributed by atoms with Crippen LogP contribution in [0.2, 0.25) is 0 Å². The average molecular weight is 654 g/mol. The molecule has 2 aromatic heterocycles. The van der Waals surface area contributed by atoms with Crippen LogP contribution in [0.1, 0.15) is 87.2 Å². The summed E-state index contributed by atoms with van der Waals surface area (Å²) in [5, 5.41) is 21.7. The van der Waals surface area contributed by atoms with Crippen molar-refractivity contribution in [3.63, 3.8) is 0 Å². The van der Waals surface area contributed by atoms with Crippen molar-refractivity contribution in [2.24, 2.45) is 27.2 Å². The summed E-state index contributed by atoms with van der Waals surface area (Å²) in [6.07, 6.45) is 7.77. The number of rotatable bonds is 4. The van der Waals surface area contributed by atoms with Crippen molar-refractivity contribution in [2.45, 2.75) is 78.7 Å². The third kappa shape index (κ3) is 4.31. The summed E-state index contributed by atoms with van der Waals surface area (Å²) >= 11 is 3.70. The van der Waals surface area contributed by atoms with Crippen molar-refractivity contribution in [3.8, 4) is 12.1 Å². The smallest absolute Gasteiger partial charge is 0.310 e. The van der Waals surface area contributed by atoms with E-state index in [1.165, 1.54) is 7.11 Å². The van der Waals surface area contributed by atoms with Crippen LogP contribution < -0.4 is 10.7 Å². The maximum absolute atomic E-state index is 12.6. The van der Waals surface area contributed by atoms with E-state index in [4.69, 9.17) is 14.7 Å². The van der Waals surface area contributed by atoms with Gasteiger partial charge in [-0.25, -0.2) is 4.99 Å². The van der Waals surface area contributed by atoms with E-state index >= 15 is 0 Å². The van der Waals surface area contributed by atoms with Gasteiger partial charge in [0, 0.05) is 39.4 Å². The zero-order valence-electron chi connectivity index (χ0n) is 26.4. The van der Waals surface area contributed by atoms with Gasteiger partial charge >= 0.3 is 5.97 Å². The minimum atomic E-state index is -0.739. The van der Waals surface area contributed by atoms with Crippen LogP contribution in [0.25, 0.3) is 18.2 Å². The summed E-state index contributed by atoms with van der Waals surface area (Å²) in [5.74, 6) is -1.23. The lowest BCUT2D eigenvalue weighted by atomic mass is 9.74. The number of aromatic amines is 2. The maximum atomic E-state index is 12.6. The fourth-order valence-corrected chi connectivity index (χ4v) is 8.18. The number of hydrogen-bond acceptors (Lipinski definition) is 6. The molecule has 5 atom stereocenters. The van der Waals surface area contributed by atoms with Crippen LogP contribution in [0, 0.1) is 53.8 Å². The quantitative estimate of drug-likeness (QED) is 0.405. The molecule has 1 unspecified atom stereocenters. The molecule has 1 saturated carbocycles. The second-order valence-corrected chi connectivity index (χ2v) is 14.2. The Labute approximate surface area is 266 Å². The van der Waals surface area contributed by atoms with E-state index in [2.05, 4.69) is 97.8 Å². The number of H-pyrrole nitrogens is 2. The number of ether oxygens (including phenoxy) is 1. The van der Waals surface area contributed by atoms with Crippen LogP contribution in [-0.2, 0) is 9.53 Å². The SMILES string of the molecule is COC(=O)[C@@H]1[C@@H](C#N)[C@H]2C[C@@H]1c1c(Br)[nH]c(C=C3N=C(C=c4[nH]c(=CC5=NC(C)(C#N)C(C)(C)C5)c(C)c4C)C(C)=C3C)c12. The molecule has 0 saturated heterocycles. The standard InChI is InChI=1S/C35H37BrN6O2/c1-16-17(2)25(39-24(16)9-20-13-34(5,6)35(7,15-38)42-20)11-26-18(3)19(4)27(40-26)12-28-30-21-10-22(31(30)32(36)41-28)29(23(21)14-37)33(43)44-8/h9,11-12,21-23,29,39,41H,10,13H2,1-8H3/t21-,22+,23+,29+,35?/m1/s1. The fraction of sp³-hybridized carbons (Fsp3) is 0.457. The molecule has 0 spiro atoms. The van der Waals surface area contributed by atoms with Crippen LogP contribution in [-0.4, -0.2) is 40.0 Å². The number of carbonyl (C=O) groups is 1. The van der Waals surface area contributed by atoms with Crippen LogP contribution in [0.15, 0.2) is 31.4 Å². The first kappa shape index (κ1) is 30.1. The van der Waals surface area contributed by atoms with Gasteiger partial charge < -0.3 is 14.7 Å². The van der Waals surface area contributed by atoms with E-state index in [0.29, 0.717) is 0 Å². The molecular weight excluding hydrogens is 616 g/mol. The molecule has 1 fully saturated rings. The molecule has 6 rings (SSSR count). The Morgan fingerprint density at radius 1 is 1.00 bits per heavy atom. The highest BCUT2D eigenvalue weighted by Crippen LogP contribution is 2.62. The molecule has 8 nitrogen and oxygen atoms in total. The summed E-state index contributed by atoms with van der Waals surface area (Å²) in [6, 6.07) is 4.81. The van der Waals surface area contributed by atoms with Gasteiger partial charge in [-0.3, -0.25) is 9.79 Å². The van der Waals surface area contributed by atoms with Gasteiger partial charge in [-0.2, -0.15) is 10.5 Å². The van der Waals surface area contributed by atoms with Crippen molar-refractivity contribution in [1.29, 1.82) is 10.5 Å². The Balaban J connectivity index is 1.37. The number of aromatic nitrogens is 2. The number of fused-ring (bicyclic) bond motifs is 5. The van der Waals surface area contributed by atoms with Gasteiger partial charge in [-0.05, 0) is 115 Å². The molecular formula is C35H37BrN6O2. The third-order valence-electron chi connectivity index (χ3n) is 10.8. The largest absolute Gasteiger partial charge is 0.469 e. The number of halogens is 1. The molecule has 2 N–H and O–H groups in total. The summed E-state index contributed by atoms with van der Waals surface area (Å²) in [4.78, 5) is 29.5. The molecule has 2 aliphatic heterocycles. The van der Waals surface area contributed by atoms with Crippen molar-refractivity contribution in [3.05, 3.63) is 60.1 Å². The molecule has 2 aliphatic carbocycles. The molecule has 44 heavy (non-hydrogen) atoms. The zero-order valence-corrected chi connectivity index (χ0v) is 28.0. The Bertz CT molecular complexity index is 1970. The van der Waals surface area contributed by atoms with Crippen LogP contribution in [0.5, 0.6) is 0 Å². The second kappa shape index (κ2) is 10.3. The Morgan fingerprint density at radius 3 is 2.30 bits per heavy atom. The molecule has 0 amide bonds. The van der Waals surface area contributed by atoms with Gasteiger partial charge in [-0.15, -0.1) is 0 Å². The van der Waals surface area contributed by atoms with E-state index in [-0.39, 0.29) is 23.2 Å². The lowest BCUT2D eigenvalue weighted by molar-refractivity contribution is -0.146. The number of methoxy groups -OCH3 is 1. The first-order chi connectivity index (χ1) is 20.7. The summed E-state index contributed by atoms with van der Waals surface area (Å²) in [5.41, 5.74) is 9.35. The highest BCUT2D eigenvalue weighted by Gasteiger charge is 2.57. The van der Waals surface area contributed by atoms with E-state index in [0.717, 1.165) is 84.4 Å². The molecule has 4 aliphatic rings. The van der Waals surface area contributed by atoms with Gasteiger partial charge in [0.15, 0.2) is 0 Å². The Morgan fingerprint density at radius 2 is 1.68 bits per heavy atom. The zero-order chi connectivity index (χ0) is 31.9. The van der Waals surface area contributed by atoms with Crippen LogP contribution >= 0.6 is 15.9 Å². The number of allylic oxidation sites excluding steroid dienone is 2. The van der Waals surface area contributed by atoms with Gasteiger partial charge in [0.1, 0.15) is 5.54 Å². The van der Waals surface area contributed by atoms with E-state index < -0.39 is 17.4 Å². The molecule has 2 bridgehead atoms. The van der Waals surface area contributed by atoms with Crippen molar-refractivity contribution in [1.82, 2.24) is 9.97 Å². The summed E-state index contributed by atoms with van der Waals surface area (Å²) in [7, 11) is 1.39. The summed E-state index contributed by atoms with van der Waals surface area (Å²) < 4.78 is 5.93. The highest BCUT2D eigenvalue weighted by molar-refractivity contribution is 9.10. The minimum absolute atomic E-state index is 0.0272. The minimum Gasteiger partial charge on any atom is -0.469 e. The second-order valence-electron chi connectivity index (χ2n) is 13.4. The van der Waals surface area contributed by atoms with E-state index in [1.54, 1.807) is 0 Å². The highest BCUT2D eigenvalue weighted by atomic mass is 79.9. The number of aliphatic imine (C=N–C) groups is 2. The maximum Gasteiger partial charge on any atom is 0.310 e. The Kier molecular flexibility index (Phi) is 7.05. The molecule has 4 heterocycles. The molecule has 9 heteroatoms. The lowest BCUT2D eigenvalue weighted by Crippen LogP contribution is -2.34. The number of carbonyl (C=O) groups excluding carboxylic acids is 1. The molecule has 0 radical (unpaired) electrons. The molecule has 2 aromatic rings. The van der Waals surface area contributed by atoms with Gasteiger partial charge in [-0.1, -0.05) is 13.8 Å². The van der Waals surface area contributed by atoms with E-state index in [9.17, 15) is 15.3 Å². The number of nitriles is 2. The van der Waals surface area contributed by atoms with Gasteiger partial charge in [0.2, 0.25) is 0 Å². The van der Waals surface area contributed by atoms with Crippen molar-refractivity contribution >= 4 is 51.6 Å². The number of esters is 1. The first-order valence-corrected chi connectivity index (χ1v) is 15.8. The number of hydrogen-bond donors (Lipinski definition) is 2. The monoisotopic (exact) mass is 652 g/mol. The predicted molar refractivity (Wildman–Crippen MR) is 175 cm³/mol. The fourth-order valence-electron chi connectivity index (χ4n) is 7.46. The average Bonchev–Trinajstić information content (AvgIpc) is 3.79. The van der Waals surface area contributed by atoms with E-state index in [1.807, 2.05) is 6.92 Å². The van der Waals surface area contributed by atoms with Crippen LogP contribution in [0.4, 0.5) is 0 Å². The van der Waals surface area contributed by atoms with Crippen LogP contribution in [0.3, 0.4) is 0 Å². The molecule has 0 aromatic carbocycles. The number of nitrogens with one attached hydrogen (secondary N) is 2. The third-order valence-corrected chi connectivity index (χ3v) is 11.4. The van der Waals surface area contributed by atoms with Crippen molar-refractivity contribution in [2.75, 3.05) is 7.11 Å². The predicted octanol–water partition coefficient (Wildman–Crippen LogP) is 5.78. The number of nitrogens with zero attached hydrogens (tertiary/aromatic N) is 4. The Hall–Kier alpha value is -3.95. The lowest BCUT2D eigenvalue weighted by Gasteiger charge is -2.29. The normalized spacial score (nSPS) is 30.1. The topological polar surface area (TPSA) is 130 Å². The molecule has 226 valence electrons. The van der Waals surface area contributed by atoms with Gasteiger partial charge in [0.05, 0.1) is 47.1 Å². The first-order valence-electron chi connectivity index (χ1n) is 15.0. The summed E-state index contributed by atoms with van der Waals surface area (Å²) in [6.45, 7) is 14.5. The van der Waals surface area contributed by atoms with Gasteiger partial charge in [0.25, 0.3) is 0 Å².